The molecule has 0 spiro atoms. The van der Waals surface area contributed by atoms with Gasteiger partial charge in [-0.25, -0.2) is 8.78 Å². The fourth-order valence-corrected chi connectivity index (χ4v) is 2.23. The number of nitrogen functional groups attached to an aromatic ring is 1. The van der Waals surface area contributed by atoms with Gasteiger partial charge in [0.1, 0.15) is 17.1 Å². The first-order valence-electron chi connectivity index (χ1n) is 6.64. The van der Waals surface area contributed by atoms with E-state index in [9.17, 15) is 13.6 Å². The molecule has 3 rings (SSSR count). The number of nitrogens with zero attached hydrogens (tertiary/aromatic N) is 1. The molecule has 0 unspecified atom stereocenters. The summed E-state index contributed by atoms with van der Waals surface area (Å²) in [5.41, 5.74) is 4.58. The second-order valence-corrected chi connectivity index (χ2v) is 5.07. The zero-order valence-corrected chi connectivity index (χ0v) is 11.2. The Hall–Kier alpha value is -2.37. The van der Waals surface area contributed by atoms with E-state index >= 15 is 0 Å². The lowest BCUT2D eigenvalue weighted by atomic mass is 10.1. The van der Waals surface area contributed by atoms with Crippen molar-refractivity contribution in [2.75, 3.05) is 5.73 Å². The number of halogens is 2. The number of carbonyl (C=O) groups excluding carboxylic acids is 1. The first-order chi connectivity index (χ1) is 10.1. The number of anilines is 1. The van der Waals surface area contributed by atoms with Crippen molar-refractivity contribution < 1.29 is 18.0 Å². The standard InChI is InChI=1S/C15H14F2N2O2/c16-11-5-6-12(18)14(17)13(11)15(20)19(9-3-4-9)8-10-2-1-7-21-10/h1-2,5-7,9H,3-4,8,18H2. The average molecular weight is 292 g/mol. The molecule has 110 valence electrons. The Morgan fingerprint density at radius 2 is 2.10 bits per heavy atom. The highest BCUT2D eigenvalue weighted by molar-refractivity contribution is 5.96. The van der Waals surface area contributed by atoms with Gasteiger partial charge in [0.05, 0.1) is 18.5 Å². The maximum atomic E-state index is 14.0. The Balaban J connectivity index is 1.93. The summed E-state index contributed by atoms with van der Waals surface area (Å²) < 4.78 is 33.0. The lowest BCUT2D eigenvalue weighted by Crippen LogP contribution is -2.34. The van der Waals surface area contributed by atoms with Gasteiger partial charge in [0.2, 0.25) is 0 Å². The molecular weight excluding hydrogens is 278 g/mol. The highest BCUT2D eigenvalue weighted by atomic mass is 19.1. The summed E-state index contributed by atoms with van der Waals surface area (Å²) in [5.74, 6) is -2.04. The minimum absolute atomic E-state index is 0.0113. The second kappa shape index (κ2) is 5.20. The Morgan fingerprint density at radius 1 is 1.33 bits per heavy atom. The van der Waals surface area contributed by atoms with Gasteiger partial charge in [-0.3, -0.25) is 4.79 Å². The van der Waals surface area contributed by atoms with Crippen LogP contribution in [-0.4, -0.2) is 16.8 Å². The van der Waals surface area contributed by atoms with Gasteiger partial charge in [-0.1, -0.05) is 0 Å². The van der Waals surface area contributed by atoms with Crippen LogP contribution in [0.3, 0.4) is 0 Å². The Kier molecular flexibility index (Phi) is 3.37. The van der Waals surface area contributed by atoms with E-state index in [1.165, 1.54) is 11.2 Å². The number of benzene rings is 1. The molecule has 0 atom stereocenters. The molecule has 4 nitrogen and oxygen atoms in total. The minimum atomic E-state index is -1.01. The third-order valence-corrected chi connectivity index (χ3v) is 3.49. The van der Waals surface area contributed by atoms with Crippen LogP contribution in [0.2, 0.25) is 0 Å². The van der Waals surface area contributed by atoms with E-state index in [0.717, 1.165) is 25.0 Å². The molecule has 1 heterocycles. The fourth-order valence-electron chi connectivity index (χ4n) is 2.23. The summed E-state index contributed by atoms with van der Waals surface area (Å²) in [7, 11) is 0. The fraction of sp³-hybridized carbons (Fsp3) is 0.267. The largest absolute Gasteiger partial charge is 0.467 e. The van der Waals surface area contributed by atoms with Crippen LogP contribution in [0.5, 0.6) is 0 Å². The normalized spacial score (nSPS) is 14.2. The lowest BCUT2D eigenvalue weighted by Gasteiger charge is -2.22. The number of nitrogens with two attached hydrogens (primary N) is 1. The van der Waals surface area contributed by atoms with Crippen LogP contribution < -0.4 is 5.73 Å². The van der Waals surface area contributed by atoms with E-state index in [-0.39, 0.29) is 18.3 Å². The number of furan rings is 1. The minimum Gasteiger partial charge on any atom is -0.467 e. The van der Waals surface area contributed by atoms with Crippen molar-refractivity contribution in [3.8, 4) is 0 Å². The molecular formula is C15H14F2N2O2. The zero-order chi connectivity index (χ0) is 15.0. The molecule has 0 aliphatic heterocycles. The third kappa shape index (κ3) is 2.61. The van der Waals surface area contributed by atoms with Gasteiger partial charge >= 0.3 is 0 Å². The lowest BCUT2D eigenvalue weighted by molar-refractivity contribution is 0.0707. The molecule has 1 saturated carbocycles. The van der Waals surface area contributed by atoms with Gasteiger partial charge in [0.15, 0.2) is 5.82 Å². The van der Waals surface area contributed by atoms with Gasteiger partial charge in [0, 0.05) is 6.04 Å². The van der Waals surface area contributed by atoms with Crippen molar-refractivity contribution in [3.05, 3.63) is 53.5 Å². The predicted molar refractivity (Wildman–Crippen MR) is 72.4 cm³/mol. The van der Waals surface area contributed by atoms with Crippen molar-refractivity contribution in [3.63, 3.8) is 0 Å². The van der Waals surface area contributed by atoms with E-state index in [1.54, 1.807) is 12.1 Å². The average Bonchev–Trinajstić information content (AvgIpc) is 3.17. The number of hydrogen-bond acceptors (Lipinski definition) is 3. The van der Waals surface area contributed by atoms with Crippen LogP contribution in [0.1, 0.15) is 29.0 Å². The summed E-state index contributed by atoms with van der Waals surface area (Å²) in [6.07, 6.45) is 3.13. The molecule has 2 aromatic rings. The number of hydrogen-bond donors (Lipinski definition) is 1. The Labute approximate surface area is 120 Å². The van der Waals surface area contributed by atoms with Crippen molar-refractivity contribution in [2.45, 2.75) is 25.4 Å². The van der Waals surface area contributed by atoms with Crippen LogP contribution in [0.15, 0.2) is 34.9 Å². The number of amides is 1. The summed E-state index contributed by atoms with van der Waals surface area (Å²) >= 11 is 0. The van der Waals surface area contributed by atoms with E-state index in [1.807, 2.05) is 0 Å². The van der Waals surface area contributed by atoms with Crippen molar-refractivity contribution in [1.29, 1.82) is 0 Å². The summed E-state index contributed by atoms with van der Waals surface area (Å²) in [6, 6.07) is 5.52. The highest BCUT2D eigenvalue weighted by Gasteiger charge is 2.36. The maximum absolute atomic E-state index is 14.0. The zero-order valence-electron chi connectivity index (χ0n) is 11.2. The molecule has 6 heteroatoms. The van der Waals surface area contributed by atoms with E-state index in [2.05, 4.69) is 0 Å². The molecule has 1 fully saturated rings. The molecule has 1 amide bonds. The Morgan fingerprint density at radius 3 is 2.71 bits per heavy atom. The SMILES string of the molecule is Nc1ccc(F)c(C(=O)N(Cc2ccco2)C2CC2)c1F. The van der Waals surface area contributed by atoms with Crippen molar-refractivity contribution >= 4 is 11.6 Å². The first kappa shape index (κ1) is 13.6. The van der Waals surface area contributed by atoms with Gasteiger partial charge in [0.25, 0.3) is 5.91 Å². The van der Waals surface area contributed by atoms with Crippen LogP contribution in [0.25, 0.3) is 0 Å². The molecule has 21 heavy (non-hydrogen) atoms. The molecule has 0 saturated heterocycles. The summed E-state index contributed by atoms with van der Waals surface area (Å²) in [5, 5.41) is 0. The summed E-state index contributed by atoms with van der Waals surface area (Å²) in [6.45, 7) is 0.185. The molecule has 0 bridgehead atoms. The quantitative estimate of drug-likeness (QED) is 0.881. The number of carbonyl (C=O) groups is 1. The molecule has 1 aliphatic carbocycles. The molecule has 1 aliphatic rings. The van der Waals surface area contributed by atoms with Gasteiger partial charge in [-0.2, -0.15) is 0 Å². The highest BCUT2D eigenvalue weighted by Crippen LogP contribution is 2.31. The van der Waals surface area contributed by atoms with Crippen LogP contribution in [-0.2, 0) is 6.54 Å². The van der Waals surface area contributed by atoms with Crippen molar-refractivity contribution in [2.24, 2.45) is 0 Å². The molecule has 1 aromatic carbocycles. The predicted octanol–water partition coefficient (Wildman–Crippen LogP) is 2.94. The maximum Gasteiger partial charge on any atom is 0.260 e. The van der Waals surface area contributed by atoms with Gasteiger partial charge in [-0.15, -0.1) is 0 Å². The first-order valence-corrected chi connectivity index (χ1v) is 6.64. The van der Waals surface area contributed by atoms with E-state index in [4.69, 9.17) is 10.2 Å². The van der Waals surface area contributed by atoms with E-state index < -0.39 is 23.1 Å². The smallest absolute Gasteiger partial charge is 0.260 e. The van der Waals surface area contributed by atoms with E-state index in [0.29, 0.717) is 5.76 Å². The third-order valence-electron chi connectivity index (χ3n) is 3.49. The second-order valence-electron chi connectivity index (χ2n) is 5.07. The van der Waals surface area contributed by atoms with Crippen molar-refractivity contribution in [1.82, 2.24) is 4.90 Å². The number of rotatable bonds is 4. The topological polar surface area (TPSA) is 59.5 Å². The molecule has 0 radical (unpaired) electrons. The van der Waals surface area contributed by atoms with Crippen LogP contribution >= 0.6 is 0 Å². The summed E-state index contributed by atoms with van der Waals surface area (Å²) in [4.78, 5) is 13.9. The van der Waals surface area contributed by atoms with Crippen LogP contribution in [0, 0.1) is 11.6 Å². The molecule has 2 N–H and O–H groups in total. The molecule has 1 aromatic heterocycles. The van der Waals surface area contributed by atoms with Gasteiger partial charge in [-0.05, 0) is 37.1 Å². The van der Waals surface area contributed by atoms with Gasteiger partial charge < -0.3 is 15.1 Å². The Bertz CT molecular complexity index is 667. The monoisotopic (exact) mass is 292 g/mol. The van der Waals surface area contributed by atoms with Crippen LogP contribution in [0.4, 0.5) is 14.5 Å².